The van der Waals surface area contributed by atoms with Gasteiger partial charge in [-0.3, -0.25) is 4.79 Å². The van der Waals surface area contributed by atoms with Crippen molar-refractivity contribution in [2.24, 2.45) is 0 Å². The van der Waals surface area contributed by atoms with Crippen LogP contribution in [0.1, 0.15) is 30.0 Å². The number of carbonyl (C=O) groups is 1. The Bertz CT molecular complexity index is 805. The summed E-state index contributed by atoms with van der Waals surface area (Å²) < 4.78 is 34.7. The number of likely N-dealkylation sites (tertiary alicyclic amines) is 1. The Kier molecular flexibility index (Phi) is 6.06. The van der Waals surface area contributed by atoms with Crippen LogP contribution in [0, 0.1) is 0 Å². The molecule has 1 fully saturated rings. The first kappa shape index (κ1) is 18.9. The zero-order valence-corrected chi connectivity index (χ0v) is 15.0. The number of para-hydroxylation sites is 1. The van der Waals surface area contributed by atoms with E-state index in [9.17, 15) is 13.6 Å². The molecule has 1 saturated heterocycles. The van der Waals surface area contributed by atoms with Gasteiger partial charge in [0.25, 0.3) is 0 Å². The van der Waals surface area contributed by atoms with Crippen LogP contribution in [-0.4, -0.2) is 31.1 Å². The van der Waals surface area contributed by atoms with Crippen LogP contribution in [0.25, 0.3) is 6.08 Å². The molecule has 2 aromatic carbocycles. The maximum atomic E-state index is 12.7. The second kappa shape index (κ2) is 8.66. The molecule has 0 saturated carbocycles. The molecule has 2 aromatic rings. The molecule has 4 nitrogen and oxygen atoms in total. The first-order valence-electron chi connectivity index (χ1n) is 8.75. The van der Waals surface area contributed by atoms with E-state index in [4.69, 9.17) is 4.74 Å². The van der Waals surface area contributed by atoms with Gasteiger partial charge in [0.2, 0.25) is 5.91 Å². The van der Waals surface area contributed by atoms with Crippen molar-refractivity contribution >= 4 is 12.0 Å². The molecule has 6 heteroatoms. The van der Waals surface area contributed by atoms with Gasteiger partial charge in [-0.25, -0.2) is 0 Å². The third kappa shape index (κ3) is 4.64. The fourth-order valence-electron chi connectivity index (χ4n) is 3.28. The van der Waals surface area contributed by atoms with Crippen molar-refractivity contribution in [2.75, 3.05) is 13.7 Å². The molecule has 0 N–H and O–H groups in total. The summed E-state index contributed by atoms with van der Waals surface area (Å²) in [7, 11) is 1.61. The Morgan fingerprint density at radius 3 is 2.63 bits per heavy atom. The number of hydrogen-bond donors (Lipinski definition) is 0. The Morgan fingerprint density at radius 1 is 1.19 bits per heavy atom. The van der Waals surface area contributed by atoms with Gasteiger partial charge in [0.1, 0.15) is 11.5 Å². The number of benzene rings is 2. The van der Waals surface area contributed by atoms with Crippen molar-refractivity contribution in [3.8, 4) is 11.5 Å². The maximum Gasteiger partial charge on any atom is 0.387 e. The molecular weight excluding hydrogens is 352 g/mol. The van der Waals surface area contributed by atoms with Gasteiger partial charge in [-0.05, 0) is 42.7 Å². The lowest BCUT2D eigenvalue weighted by Gasteiger charge is -2.24. The van der Waals surface area contributed by atoms with E-state index in [1.54, 1.807) is 30.2 Å². The number of alkyl halides is 2. The number of halogens is 2. The van der Waals surface area contributed by atoms with E-state index < -0.39 is 6.61 Å². The summed E-state index contributed by atoms with van der Waals surface area (Å²) in [6, 6.07) is 14.1. The number of nitrogens with zero attached hydrogens (tertiary/aromatic N) is 1. The largest absolute Gasteiger partial charge is 0.497 e. The Balaban J connectivity index is 1.74. The van der Waals surface area contributed by atoms with Crippen LogP contribution in [0.5, 0.6) is 11.5 Å². The molecular formula is C21H21F2NO3. The molecule has 142 valence electrons. The molecule has 1 amide bonds. The second-order valence-corrected chi connectivity index (χ2v) is 6.21. The molecule has 27 heavy (non-hydrogen) atoms. The zero-order valence-electron chi connectivity index (χ0n) is 15.0. The summed E-state index contributed by atoms with van der Waals surface area (Å²) in [4.78, 5) is 14.5. The van der Waals surface area contributed by atoms with Crippen molar-refractivity contribution < 1.29 is 23.0 Å². The summed E-state index contributed by atoms with van der Waals surface area (Å²) in [5, 5.41) is 0. The van der Waals surface area contributed by atoms with Crippen molar-refractivity contribution in [2.45, 2.75) is 25.5 Å². The van der Waals surface area contributed by atoms with E-state index in [1.165, 1.54) is 18.2 Å². The quantitative estimate of drug-likeness (QED) is 0.691. The molecule has 0 aliphatic carbocycles. The smallest absolute Gasteiger partial charge is 0.387 e. The van der Waals surface area contributed by atoms with E-state index in [-0.39, 0.29) is 17.7 Å². The fraction of sp³-hybridized carbons (Fsp3) is 0.286. The van der Waals surface area contributed by atoms with Crippen LogP contribution in [0.15, 0.2) is 54.6 Å². The van der Waals surface area contributed by atoms with Crippen LogP contribution < -0.4 is 9.47 Å². The van der Waals surface area contributed by atoms with Gasteiger partial charge in [-0.15, -0.1) is 0 Å². The minimum absolute atomic E-state index is 0.000568. The van der Waals surface area contributed by atoms with Gasteiger partial charge in [0, 0.05) is 18.2 Å². The molecule has 1 aliphatic heterocycles. The highest BCUT2D eigenvalue weighted by Crippen LogP contribution is 2.33. The third-order valence-electron chi connectivity index (χ3n) is 4.58. The van der Waals surface area contributed by atoms with Gasteiger partial charge in [0.05, 0.1) is 13.2 Å². The van der Waals surface area contributed by atoms with Crippen molar-refractivity contribution in [1.29, 1.82) is 0 Å². The van der Waals surface area contributed by atoms with E-state index >= 15 is 0 Å². The predicted octanol–water partition coefficient (Wildman–Crippen LogP) is 4.67. The van der Waals surface area contributed by atoms with Crippen molar-refractivity contribution in [3.63, 3.8) is 0 Å². The lowest BCUT2D eigenvalue weighted by molar-refractivity contribution is -0.126. The van der Waals surface area contributed by atoms with E-state index in [0.29, 0.717) is 12.1 Å². The van der Waals surface area contributed by atoms with Crippen molar-refractivity contribution in [1.82, 2.24) is 4.90 Å². The second-order valence-electron chi connectivity index (χ2n) is 6.21. The van der Waals surface area contributed by atoms with E-state index in [2.05, 4.69) is 4.74 Å². The molecule has 0 bridgehead atoms. The molecule has 1 atom stereocenters. The third-order valence-corrected chi connectivity index (χ3v) is 4.58. The first-order chi connectivity index (χ1) is 13.1. The topological polar surface area (TPSA) is 38.8 Å². The molecule has 0 radical (unpaired) electrons. The molecule has 1 heterocycles. The Morgan fingerprint density at radius 2 is 1.93 bits per heavy atom. The van der Waals surface area contributed by atoms with Crippen LogP contribution in [0.2, 0.25) is 0 Å². The SMILES string of the molecule is COc1ccc([C@H]2CCCN2C(=O)/C=C/c2ccccc2OC(F)F)cc1. The van der Waals surface area contributed by atoms with Crippen LogP contribution in [0.3, 0.4) is 0 Å². The zero-order chi connectivity index (χ0) is 19.2. The van der Waals surface area contributed by atoms with Gasteiger partial charge < -0.3 is 14.4 Å². The number of hydrogen-bond acceptors (Lipinski definition) is 3. The molecule has 0 spiro atoms. The summed E-state index contributed by atoms with van der Waals surface area (Å²) in [5.74, 6) is 0.662. The highest BCUT2D eigenvalue weighted by Gasteiger charge is 2.28. The summed E-state index contributed by atoms with van der Waals surface area (Å²) >= 11 is 0. The number of carbonyl (C=O) groups excluding carboxylic acids is 1. The average Bonchev–Trinajstić information content (AvgIpc) is 3.16. The molecule has 1 aliphatic rings. The van der Waals surface area contributed by atoms with Gasteiger partial charge in [-0.2, -0.15) is 8.78 Å². The lowest BCUT2D eigenvalue weighted by atomic mass is 10.0. The number of amides is 1. The average molecular weight is 373 g/mol. The lowest BCUT2D eigenvalue weighted by Crippen LogP contribution is -2.28. The predicted molar refractivity (Wildman–Crippen MR) is 98.8 cm³/mol. The Labute approximate surface area is 157 Å². The van der Waals surface area contributed by atoms with E-state index in [0.717, 1.165) is 24.2 Å². The summed E-state index contributed by atoms with van der Waals surface area (Å²) in [6.45, 7) is -2.25. The van der Waals surface area contributed by atoms with Gasteiger partial charge >= 0.3 is 6.61 Å². The van der Waals surface area contributed by atoms with Crippen LogP contribution in [-0.2, 0) is 4.79 Å². The number of rotatable bonds is 6. The number of methoxy groups -OCH3 is 1. The molecule has 0 aromatic heterocycles. The summed E-state index contributed by atoms with van der Waals surface area (Å²) in [6.07, 6.45) is 4.73. The monoisotopic (exact) mass is 373 g/mol. The van der Waals surface area contributed by atoms with Crippen LogP contribution in [0.4, 0.5) is 8.78 Å². The first-order valence-corrected chi connectivity index (χ1v) is 8.75. The maximum absolute atomic E-state index is 12.7. The summed E-state index contributed by atoms with van der Waals surface area (Å²) in [5.41, 5.74) is 1.49. The highest BCUT2D eigenvalue weighted by molar-refractivity contribution is 5.92. The van der Waals surface area contributed by atoms with E-state index in [1.807, 2.05) is 24.3 Å². The van der Waals surface area contributed by atoms with Crippen LogP contribution >= 0.6 is 0 Å². The van der Waals surface area contributed by atoms with Gasteiger partial charge in [-0.1, -0.05) is 30.3 Å². The highest BCUT2D eigenvalue weighted by atomic mass is 19.3. The number of ether oxygens (including phenoxy) is 2. The fourth-order valence-corrected chi connectivity index (χ4v) is 3.28. The Hall–Kier alpha value is -2.89. The molecule has 0 unspecified atom stereocenters. The van der Waals surface area contributed by atoms with Gasteiger partial charge in [0.15, 0.2) is 0 Å². The minimum atomic E-state index is -2.91. The standard InChI is InChI=1S/C21H21F2NO3/c1-26-17-11-8-15(9-12-17)18-6-4-14-24(18)20(25)13-10-16-5-2-3-7-19(16)27-21(22)23/h2-3,5,7-13,18,21H,4,6,14H2,1H3/b13-10+/t18-/m1/s1. The minimum Gasteiger partial charge on any atom is -0.497 e. The van der Waals surface area contributed by atoms with Crippen molar-refractivity contribution in [3.05, 3.63) is 65.7 Å². The normalized spacial score (nSPS) is 16.9. The molecule has 3 rings (SSSR count).